The molecule has 0 aliphatic carbocycles. The molecule has 0 saturated heterocycles. The highest BCUT2D eigenvalue weighted by Crippen LogP contribution is 2.12. The SMILES string of the molecule is Cc1ccc(O)cc1.OP(O)O.OP(O)O.OP(O)O. The molecule has 0 atom stereocenters. The lowest BCUT2D eigenvalue weighted by atomic mass is 10.2. The molecule has 0 bridgehead atoms. The van der Waals surface area contributed by atoms with Crippen molar-refractivity contribution < 1.29 is 49.1 Å². The standard InChI is InChI=1S/C7H8O.3H3O3P/c1-6-2-4-7(8)5-3-6;3*1-4(2)3/h2-5,8H,1H3;3*1-3H. The number of aromatic hydroxyl groups is 1. The lowest BCUT2D eigenvalue weighted by Gasteiger charge is -1.89. The molecule has 1 rings (SSSR count). The molecule has 120 valence electrons. The highest BCUT2D eigenvalue weighted by molar-refractivity contribution is 7.38. The Balaban J connectivity index is -0.000000209. The minimum atomic E-state index is -2.62. The number of aryl methyl sites for hydroxylation is 1. The first-order valence-corrected chi connectivity index (χ1v) is 7.94. The smallest absolute Gasteiger partial charge is 0.324 e. The van der Waals surface area contributed by atoms with Gasteiger partial charge in [0.2, 0.25) is 0 Å². The summed E-state index contributed by atoms with van der Waals surface area (Å²) in [6.45, 7) is 1.99. The average Bonchev–Trinajstić information content (AvgIpc) is 2.20. The summed E-state index contributed by atoms with van der Waals surface area (Å²) in [5.74, 6) is 0.329. The van der Waals surface area contributed by atoms with Crippen LogP contribution in [-0.2, 0) is 0 Å². The molecule has 13 heteroatoms. The number of phenolic OH excluding ortho intramolecular Hbond substituents is 1. The first-order valence-electron chi connectivity index (χ1n) is 4.34. The van der Waals surface area contributed by atoms with E-state index in [1.54, 1.807) is 12.1 Å². The maximum absolute atomic E-state index is 8.76. The molecule has 0 amide bonds. The zero-order valence-electron chi connectivity index (χ0n) is 10.1. The highest BCUT2D eigenvalue weighted by Gasteiger charge is 1.82. The fraction of sp³-hybridized carbons (Fsp3) is 0.143. The topological polar surface area (TPSA) is 202 Å². The molecule has 0 aromatic heterocycles. The molecule has 1 aromatic carbocycles. The summed E-state index contributed by atoms with van der Waals surface area (Å²) in [6.07, 6.45) is 0. The molecule has 1 aromatic rings. The normalized spacial score (nSPS) is 9.05. The van der Waals surface area contributed by atoms with Crippen molar-refractivity contribution >= 4 is 25.8 Å². The van der Waals surface area contributed by atoms with Crippen LogP contribution >= 0.6 is 25.8 Å². The summed E-state index contributed by atoms with van der Waals surface area (Å²) in [6, 6.07) is 7.09. The van der Waals surface area contributed by atoms with Gasteiger partial charge in [0.25, 0.3) is 0 Å². The zero-order chi connectivity index (χ0) is 16.7. The van der Waals surface area contributed by atoms with E-state index in [9.17, 15) is 0 Å². The fourth-order valence-corrected chi connectivity index (χ4v) is 0.545. The second-order valence-corrected chi connectivity index (χ2v) is 4.25. The molecule has 0 spiro atoms. The van der Waals surface area contributed by atoms with E-state index in [-0.39, 0.29) is 0 Å². The summed E-state index contributed by atoms with van der Waals surface area (Å²) < 4.78 is 0. The van der Waals surface area contributed by atoms with Crippen molar-refractivity contribution in [3.63, 3.8) is 0 Å². The Morgan fingerprint density at radius 1 is 0.600 bits per heavy atom. The maximum atomic E-state index is 8.76. The molecule has 0 aliphatic rings. The van der Waals surface area contributed by atoms with Crippen LogP contribution in [-0.4, -0.2) is 49.1 Å². The third-order valence-electron chi connectivity index (χ3n) is 1.03. The number of benzene rings is 1. The van der Waals surface area contributed by atoms with E-state index < -0.39 is 25.8 Å². The first-order chi connectivity index (χ1) is 8.98. The second-order valence-electron chi connectivity index (χ2n) is 2.64. The van der Waals surface area contributed by atoms with Crippen molar-refractivity contribution in [1.29, 1.82) is 0 Å². The van der Waals surface area contributed by atoms with Gasteiger partial charge in [-0.25, -0.2) is 0 Å². The first kappa shape index (κ1) is 24.9. The lowest BCUT2D eigenvalue weighted by molar-refractivity contribution is 0.366. The number of hydrogen-bond acceptors (Lipinski definition) is 10. The Morgan fingerprint density at radius 3 is 0.950 bits per heavy atom. The van der Waals surface area contributed by atoms with Crippen LogP contribution in [0, 0.1) is 6.92 Å². The van der Waals surface area contributed by atoms with Gasteiger partial charge in [0.05, 0.1) is 0 Å². The number of hydrogen-bond donors (Lipinski definition) is 10. The summed E-state index contributed by atoms with van der Waals surface area (Å²) in [4.78, 5) is 65.1. The van der Waals surface area contributed by atoms with Gasteiger partial charge in [-0.05, 0) is 19.1 Å². The fourth-order valence-electron chi connectivity index (χ4n) is 0.545. The molecule has 0 saturated carbocycles. The Labute approximate surface area is 118 Å². The van der Waals surface area contributed by atoms with Crippen LogP contribution in [0.1, 0.15) is 5.56 Å². The average molecular weight is 354 g/mol. The van der Waals surface area contributed by atoms with Gasteiger partial charge in [-0.15, -0.1) is 0 Å². The van der Waals surface area contributed by atoms with Crippen LogP contribution in [0.25, 0.3) is 0 Å². The van der Waals surface area contributed by atoms with Gasteiger partial charge >= 0.3 is 25.8 Å². The van der Waals surface area contributed by atoms with Crippen molar-refractivity contribution in [1.82, 2.24) is 0 Å². The lowest BCUT2D eigenvalue weighted by Crippen LogP contribution is -1.66. The second kappa shape index (κ2) is 17.0. The molecule has 0 heterocycles. The van der Waals surface area contributed by atoms with E-state index in [2.05, 4.69) is 0 Å². The molecule has 0 aliphatic heterocycles. The molecular weight excluding hydrogens is 337 g/mol. The van der Waals surface area contributed by atoms with Crippen LogP contribution in [0.2, 0.25) is 0 Å². The van der Waals surface area contributed by atoms with E-state index in [0.29, 0.717) is 5.75 Å². The van der Waals surface area contributed by atoms with Gasteiger partial charge in [-0.3, -0.25) is 0 Å². The van der Waals surface area contributed by atoms with E-state index in [1.165, 1.54) is 5.56 Å². The summed E-state index contributed by atoms with van der Waals surface area (Å²) in [5.41, 5.74) is 1.17. The van der Waals surface area contributed by atoms with Gasteiger partial charge in [0.1, 0.15) is 5.75 Å². The van der Waals surface area contributed by atoms with Gasteiger partial charge in [0, 0.05) is 0 Å². The summed E-state index contributed by atoms with van der Waals surface area (Å²) >= 11 is 0. The number of rotatable bonds is 0. The van der Waals surface area contributed by atoms with Crippen LogP contribution in [0.5, 0.6) is 5.75 Å². The minimum Gasteiger partial charge on any atom is -0.508 e. The van der Waals surface area contributed by atoms with Crippen molar-refractivity contribution in [2.24, 2.45) is 0 Å². The summed E-state index contributed by atoms with van der Waals surface area (Å²) in [5, 5.41) is 8.76. The van der Waals surface area contributed by atoms with Gasteiger partial charge in [-0.2, -0.15) is 0 Å². The molecular formula is C7H17O10P3. The highest BCUT2D eigenvalue weighted by atomic mass is 31.2. The third kappa shape index (κ3) is 52.1. The Kier molecular flexibility index (Phi) is 21.2. The largest absolute Gasteiger partial charge is 0.508 e. The zero-order valence-corrected chi connectivity index (χ0v) is 12.8. The van der Waals surface area contributed by atoms with Gasteiger partial charge < -0.3 is 49.1 Å². The van der Waals surface area contributed by atoms with E-state index in [4.69, 9.17) is 49.1 Å². The third-order valence-corrected chi connectivity index (χ3v) is 1.03. The molecule has 0 unspecified atom stereocenters. The van der Waals surface area contributed by atoms with Crippen molar-refractivity contribution in [2.75, 3.05) is 0 Å². The van der Waals surface area contributed by atoms with Gasteiger partial charge in [0.15, 0.2) is 0 Å². The Bertz CT molecular complexity index is 250. The van der Waals surface area contributed by atoms with E-state index in [1.807, 2.05) is 19.1 Å². The summed E-state index contributed by atoms with van der Waals surface area (Å²) in [7, 11) is -7.86. The number of phenols is 1. The van der Waals surface area contributed by atoms with E-state index >= 15 is 0 Å². The monoisotopic (exact) mass is 354 g/mol. The molecule has 20 heavy (non-hydrogen) atoms. The van der Waals surface area contributed by atoms with Crippen LogP contribution < -0.4 is 0 Å². The van der Waals surface area contributed by atoms with Crippen LogP contribution in [0.3, 0.4) is 0 Å². The van der Waals surface area contributed by atoms with Crippen LogP contribution in [0.4, 0.5) is 0 Å². The predicted octanol–water partition coefficient (Wildman–Crippen LogP) is -0.729. The van der Waals surface area contributed by atoms with Crippen LogP contribution in [0.15, 0.2) is 24.3 Å². The van der Waals surface area contributed by atoms with E-state index in [0.717, 1.165) is 0 Å². The van der Waals surface area contributed by atoms with Crippen molar-refractivity contribution in [2.45, 2.75) is 6.92 Å². The van der Waals surface area contributed by atoms with Crippen molar-refractivity contribution in [3.05, 3.63) is 29.8 Å². The molecule has 0 fully saturated rings. The minimum absolute atomic E-state index is 0.329. The van der Waals surface area contributed by atoms with Crippen molar-refractivity contribution in [3.8, 4) is 5.75 Å². The Hall–Kier alpha value is -0.0500. The van der Waals surface area contributed by atoms with Gasteiger partial charge in [-0.1, -0.05) is 17.7 Å². The molecule has 10 nitrogen and oxygen atoms in total. The quantitative estimate of drug-likeness (QED) is 0.265. The predicted molar refractivity (Wildman–Crippen MR) is 73.6 cm³/mol. The molecule has 10 N–H and O–H groups in total. The molecule has 0 radical (unpaired) electrons. The Morgan fingerprint density at radius 2 is 0.800 bits per heavy atom. The maximum Gasteiger partial charge on any atom is 0.324 e.